The number of hydrogen-bond donors (Lipinski definition) is 2. The van der Waals surface area contributed by atoms with Crippen molar-refractivity contribution in [3.05, 3.63) is 24.3 Å². The molecule has 2 heteroatoms. The quantitative estimate of drug-likeness (QED) is 0.595. The van der Waals surface area contributed by atoms with Crippen molar-refractivity contribution in [1.82, 2.24) is 0 Å². The third-order valence-corrected chi connectivity index (χ3v) is 2.20. The summed E-state index contributed by atoms with van der Waals surface area (Å²) < 4.78 is 0. The average Bonchev–Trinajstić information content (AvgIpc) is 2.31. The fraction of sp³-hybridized carbons (Fsp3) is 0.556. The second-order valence-electron chi connectivity index (χ2n) is 2.95. The molecule has 0 spiro atoms. The standard InChI is InChI=1S/C9H14O2/c1-2-5-9(11)6-3-4-8(9)7-10/h2,4,10-11H,1,3,5-7H2/t9-/m0/s1. The lowest BCUT2D eigenvalue weighted by Crippen LogP contribution is -2.28. The second kappa shape index (κ2) is 3.20. The molecule has 1 atom stereocenters. The Kier molecular flexibility index (Phi) is 2.47. The van der Waals surface area contributed by atoms with E-state index in [0.717, 1.165) is 18.4 Å². The minimum absolute atomic E-state index is 0.0374. The van der Waals surface area contributed by atoms with Gasteiger partial charge in [0.05, 0.1) is 12.2 Å². The van der Waals surface area contributed by atoms with Gasteiger partial charge in [-0.2, -0.15) is 0 Å². The molecular formula is C9H14O2. The molecule has 2 N–H and O–H groups in total. The molecule has 0 aromatic carbocycles. The molecule has 0 saturated carbocycles. The summed E-state index contributed by atoms with van der Waals surface area (Å²) in [5, 5.41) is 18.7. The van der Waals surface area contributed by atoms with Crippen LogP contribution >= 0.6 is 0 Å². The van der Waals surface area contributed by atoms with Crippen molar-refractivity contribution in [1.29, 1.82) is 0 Å². The van der Waals surface area contributed by atoms with Crippen molar-refractivity contribution in [2.75, 3.05) is 6.61 Å². The largest absolute Gasteiger partial charge is 0.392 e. The minimum Gasteiger partial charge on any atom is -0.392 e. The summed E-state index contributed by atoms with van der Waals surface area (Å²) in [5.41, 5.74) is -0.0475. The molecule has 0 aromatic heterocycles. The van der Waals surface area contributed by atoms with Gasteiger partial charge in [0.25, 0.3) is 0 Å². The van der Waals surface area contributed by atoms with E-state index < -0.39 is 5.60 Å². The van der Waals surface area contributed by atoms with E-state index in [-0.39, 0.29) is 6.61 Å². The van der Waals surface area contributed by atoms with Crippen LogP contribution in [0.2, 0.25) is 0 Å². The summed E-state index contributed by atoms with van der Waals surface area (Å²) in [4.78, 5) is 0. The van der Waals surface area contributed by atoms with Crippen molar-refractivity contribution in [2.24, 2.45) is 0 Å². The minimum atomic E-state index is -0.795. The zero-order valence-electron chi connectivity index (χ0n) is 6.58. The maximum Gasteiger partial charge on any atom is 0.0915 e. The van der Waals surface area contributed by atoms with Gasteiger partial charge in [-0.25, -0.2) is 0 Å². The van der Waals surface area contributed by atoms with Gasteiger partial charge in [0.2, 0.25) is 0 Å². The van der Waals surface area contributed by atoms with Gasteiger partial charge in [-0.1, -0.05) is 12.2 Å². The summed E-state index contributed by atoms with van der Waals surface area (Å²) in [6.45, 7) is 3.53. The fourth-order valence-corrected chi connectivity index (χ4v) is 1.52. The highest BCUT2D eigenvalue weighted by Gasteiger charge is 2.32. The molecule has 11 heavy (non-hydrogen) atoms. The summed E-state index contributed by atoms with van der Waals surface area (Å²) in [5.74, 6) is 0. The van der Waals surface area contributed by atoms with Crippen molar-refractivity contribution in [3.8, 4) is 0 Å². The molecule has 0 fully saturated rings. The molecule has 0 aromatic rings. The van der Waals surface area contributed by atoms with Crippen molar-refractivity contribution in [3.63, 3.8) is 0 Å². The zero-order chi connectivity index (χ0) is 8.32. The molecule has 2 nitrogen and oxygen atoms in total. The molecule has 0 heterocycles. The van der Waals surface area contributed by atoms with Gasteiger partial charge in [-0.15, -0.1) is 6.58 Å². The van der Waals surface area contributed by atoms with Crippen LogP contribution in [0, 0.1) is 0 Å². The molecule has 1 aliphatic rings. The van der Waals surface area contributed by atoms with Crippen LogP contribution in [0.25, 0.3) is 0 Å². The van der Waals surface area contributed by atoms with Crippen LogP contribution in [0.15, 0.2) is 24.3 Å². The van der Waals surface area contributed by atoms with Crippen LogP contribution in [-0.2, 0) is 0 Å². The van der Waals surface area contributed by atoms with E-state index in [0.29, 0.717) is 6.42 Å². The molecule has 1 aliphatic carbocycles. The smallest absolute Gasteiger partial charge is 0.0915 e. The van der Waals surface area contributed by atoms with E-state index in [1.165, 1.54) is 0 Å². The lowest BCUT2D eigenvalue weighted by Gasteiger charge is -2.23. The van der Waals surface area contributed by atoms with E-state index in [4.69, 9.17) is 5.11 Å². The molecule has 62 valence electrons. The number of aliphatic hydroxyl groups is 2. The Morgan fingerprint density at radius 3 is 3.00 bits per heavy atom. The molecule has 1 rings (SSSR count). The van der Waals surface area contributed by atoms with Crippen molar-refractivity contribution in [2.45, 2.75) is 24.9 Å². The highest BCUT2D eigenvalue weighted by molar-refractivity contribution is 5.23. The lowest BCUT2D eigenvalue weighted by molar-refractivity contribution is 0.0711. The third-order valence-electron chi connectivity index (χ3n) is 2.20. The SMILES string of the molecule is C=CC[C@]1(O)CCC=C1CO. The van der Waals surface area contributed by atoms with Crippen LogP contribution in [0.4, 0.5) is 0 Å². The van der Waals surface area contributed by atoms with Crippen LogP contribution in [0.3, 0.4) is 0 Å². The van der Waals surface area contributed by atoms with Gasteiger partial charge < -0.3 is 10.2 Å². The van der Waals surface area contributed by atoms with Gasteiger partial charge in [-0.3, -0.25) is 0 Å². The Hall–Kier alpha value is -0.600. The molecule has 0 radical (unpaired) electrons. The van der Waals surface area contributed by atoms with Crippen molar-refractivity contribution < 1.29 is 10.2 Å². The first-order valence-electron chi connectivity index (χ1n) is 3.86. The summed E-state index contributed by atoms with van der Waals surface area (Å²) >= 11 is 0. The van der Waals surface area contributed by atoms with Crippen LogP contribution in [0.5, 0.6) is 0 Å². The van der Waals surface area contributed by atoms with E-state index in [9.17, 15) is 5.11 Å². The normalized spacial score (nSPS) is 30.2. The maximum atomic E-state index is 9.85. The molecule has 0 bridgehead atoms. The number of hydrogen-bond acceptors (Lipinski definition) is 2. The third kappa shape index (κ3) is 1.52. The Morgan fingerprint density at radius 1 is 1.73 bits per heavy atom. The van der Waals surface area contributed by atoms with Gasteiger partial charge >= 0.3 is 0 Å². The van der Waals surface area contributed by atoms with Gasteiger partial charge in [0.15, 0.2) is 0 Å². The summed E-state index contributed by atoms with van der Waals surface area (Å²) in [6, 6.07) is 0. The highest BCUT2D eigenvalue weighted by atomic mass is 16.3. The Balaban J connectivity index is 2.70. The van der Waals surface area contributed by atoms with Gasteiger partial charge in [0.1, 0.15) is 0 Å². The molecule has 0 amide bonds. The monoisotopic (exact) mass is 154 g/mol. The first-order chi connectivity index (χ1) is 5.23. The Morgan fingerprint density at radius 2 is 2.45 bits per heavy atom. The van der Waals surface area contributed by atoms with E-state index in [2.05, 4.69) is 6.58 Å². The fourth-order valence-electron chi connectivity index (χ4n) is 1.52. The molecule has 0 saturated heterocycles. The first kappa shape index (κ1) is 8.50. The number of rotatable bonds is 3. The molecule has 0 unspecified atom stereocenters. The Labute approximate surface area is 66.9 Å². The van der Waals surface area contributed by atoms with Crippen LogP contribution < -0.4 is 0 Å². The van der Waals surface area contributed by atoms with Crippen LogP contribution in [-0.4, -0.2) is 22.4 Å². The van der Waals surface area contributed by atoms with Gasteiger partial charge in [0, 0.05) is 0 Å². The van der Waals surface area contributed by atoms with E-state index in [1.807, 2.05) is 6.08 Å². The second-order valence-corrected chi connectivity index (χ2v) is 2.95. The van der Waals surface area contributed by atoms with Crippen LogP contribution in [0.1, 0.15) is 19.3 Å². The first-order valence-corrected chi connectivity index (χ1v) is 3.86. The molecular weight excluding hydrogens is 140 g/mol. The topological polar surface area (TPSA) is 40.5 Å². The van der Waals surface area contributed by atoms with E-state index >= 15 is 0 Å². The van der Waals surface area contributed by atoms with E-state index in [1.54, 1.807) is 6.08 Å². The summed E-state index contributed by atoms with van der Waals surface area (Å²) in [7, 11) is 0. The van der Waals surface area contributed by atoms with Gasteiger partial charge in [-0.05, 0) is 24.8 Å². The highest BCUT2D eigenvalue weighted by Crippen LogP contribution is 2.32. The summed E-state index contributed by atoms with van der Waals surface area (Å²) in [6.07, 6.45) is 5.72. The number of aliphatic hydroxyl groups excluding tert-OH is 1. The van der Waals surface area contributed by atoms with Crippen molar-refractivity contribution >= 4 is 0 Å². The average molecular weight is 154 g/mol. The zero-order valence-corrected chi connectivity index (χ0v) is 6.58. The Bertz CT molecular complexity index is 184. The lowest BCUT2D eigenvalue weighted by atomic mass is 9.92. The molecule has 0 aliphatic heterocycles. The predicted molar refractivity (Wildman–Crippen MR) is 44.2 cm³/mol. The predicted octanol–water partition coefficient (Wildman–Crippen LogP) is 1.01. The number of allylic oxidation sites excluding steroid dienone is 1. The maximum absolute atomic E-state index is 9.85.